The van der Waals surface area contributed by atoms with Crippen molar-refractivity contribution < 1.29 is 14.6 Å². The fourth-order valence-electron chi connectivity index (χ4n) is 2.39. The van der Waals surface area contributed by atoms with Gasteiger partial charge < -0.3 is 25.2 Å². The Labute approximate surface area is 148 Å². The Morgan fingerprint density at radius 1 is 1.42 bits per heavy atom. The molecule has 7 heteroatoms. The van der Waals surface area contributed by atoms with Crippen molar-refractivity contribution >= 4 is 17.6 Å². The molecule has 1 aromatic rings. The van der Waals surface area contributed by atoms with E-state index in [4.69, 9.17) is 21.1 Å². The number of benzene rings is 1. The van der Waals surface area contributed by atoms with E-state index < -0.39 is 0 Å². The van der Waals surface area contributed by atoms with E-state index in [1.54, 1.807) is 7.11 Å². The van der Waals surface area contributed by atoms with Crippen LogP contribution < -0.4 is 15.4 Å². The van der Waals surface area contributed by atoms with Crippen LogP contribution >= 0.6 is 11.6 Å². The van der Waals surface area contributed by atoms with Gasteiger partial charge in [-0.25, -0.2) is 0 Å². The summed E-state index contributed by atoms with van der Waals surface area (Å²) in [7, 11) is 1.62. The molecular formula is C17H26ClN3O3. The predicted octanol–water partition coefficient (Wildman–Crippen LogP) is 1.46. The van der Waals surface area contributed by atoms with Crippen molar-refractivity contribution in [1.82, 2.24) is 10.6 Å². The molecule has 1 saturated heterocycles. The van der Waals surface area contributed by atoms with Crippen LogP contribution in [0.1, 0.15) is 12.5 Å². The quantitative estimate of drug-likeness (QED) is 0.486. The number of nitrogens with one attached hydrogen (secondary N) is 2. The van der Waals surface area contributed by atoms with Crippen LogP contribution in [0.15, 0.2) is 23.2 Å². The molecule has 134 valence electrons. The minimum atomic E-state index is -0.221. The summed E-state index contributed by atoms with van der Waals surface area (Å²) in [5.74, 6) is 1.49. The first-order valence-corrected chi connectivity index (χ1v) is 8.53. The number of guanidine groups is 1. The maximum Gasteiger partial charge on any atom is 0.191 e. The molecule has 1 aliphatic heterocycles. The molecule has 0 atom stereocenters. The number of hydrogen-bond acceptors (Lipinski definition) is 4. The number of ether oxygens (including phenoxy) is 2. The lowest BCUT2D eigenvalue weighted by molar-refractivity contribution is -0.130. The first-order valence-electron chi connectivity index (χ1n) is 8.15. The van der Waals surface area contributed by atoms with Crippen molar-refractivity contribution in [2.75, 3.05) is 46.6 Å². The molecule has 24 heavy (non-hydrogen) atoms. The minimum absolute atomic E-state index is 0.0946. The van der Waals surface area contributed by atoms with Crippen LogP contribution in [0.3, 0.4) is 0 Å². The van der Waals surface area contributed by atoms with E-state index in [0.29, 0.717) is 31.3 Å². The third-order valence-electron chi connectivity index (χ3n) is 4.02. The fourth-order valence-corrected chi connectivity index (χ4v) is 2.65. The third kappa shape index (κ3) is 5.00. The zero-order valence-electron chi connectivity index (χ0n) is 14.3. The number of methoxy groups -OCH3 is 1. The van der Waals surface area contributed by atoms with Crippen LogP contribution in [-0.2, 0) is 11.2 Å². The van der Waals surface area contributed by atoms with Gasteiger partial charge in [0.1, 0.15) is 5.75 Å². The average molecular weight is 356 g/mol. The molecule has 3 N–H and O–H groups in total. The van der Waals surface area contributed by atoms with Crippen LogP contribution in [0.25, 0.3) is 0 Å². The molecule has 0 unspecified atom stereocenters. The number of aliphatic hydroxyl groups excluding tert-OH is 1. The van der Waals surface area contributed by atoms with E-state index in [1.165, 1.54) is 0 Å². The largest absolute Gasteiger partial charge is 0.497 e. The van der Waals surface area contributed by atoms with Crippen molar-refractivity contribution in [2.24, 2.45) is 10.4 Å². The summed E-state index contributed by atoms with van der Waals surface area (Å²) in [5, 5.41) is 16.7. The highest BCUT2D eigenvalue weighted by atomic mass is 35.5. The zero-order chi connectivity index (χ0) is 17.4. The van der Waals surface area contributed by atoms with E-state index in [-0.39, 0.29) is 12.0 Å². The number of nitrogens with zero attached hydrogens (tertiary/aromatic N) is 1. The second-order valence-electron chi connectivity index (χ2n) is 5.98. The van der Waals surface area contributed by atoms with Gasteiger partial charge in [-0.05, 0) is 31.0 Å². The van der Waals surface area contributed by atoms with Gasteiger partial charge in [0.05, 0.1) is 38.9 Å². The molecule has 0 saturated carbocycles. The first-order chi connectivity index (χ1) is 11.6. The summed E-state index contributed by atoms with van der Waals surface area (Å²) in [6.07, 6.45) is 0.779. The zero-order valence-corrected chi connectivity index (χ0v) is 15.0. The van der Waals surface area contributed by atoms with Crippen molar-refractivity contribution in [3.8, 4) is 5.75 Å². The van der Waals surface area contributed by atoms with E-state index in [9.17, 15) is 5.11 Å². The number of aliphatic hydroxyl groups is 1. The molecule has 0 radical (unpaired) electrons. The van der Waals surface area contributed by atoms with Gasteiger partial charge in [-0.1, -0.05) is 17.7 Å². The molecule has 0 aliphatic carbocycles. The molecule has 1 fully saturated rings. The van der Waals surface area contributed by atoms with Gasteiger partial charge in [0, 0.05) is 18.1 Å². The van der Waals surface area contributed by atoms with E-state index in [0.717, 1.165) is 30.2 Å². The Bertz CT molecular complexity index is 557. The van der Waals surface area contributed by atoms with Gasteiger partial charge >= 0.3 is 0 Å². The van der Waals surface area contributed by atoms with Gasteiger partial charge in [-0.3, -0.25) is 4.99 Å². The smallest absolute Gasteiger partial charge is 0.191 e. The van der Waals surface area contributed by atoms with Crippen molar-refractivity contribution in [2.45, 2.75) is 13.3 Å². The second-order valence-corrected chi connectivity index (χ2v) is 6.39. The van der Waals surface area contributed by atoms with Gasteiger partial charge in [0.15, 0.2) is 5.96 Å². The van der Waals surface area contributed by atoms with E-state index in [1.807, 2.05) is 25.1 Å². The predicted molar refractivity (Wildman–Crippen MR) is 96.0 cm³/mol. The number of halogens is 1. The standard InChI is InChI=1S/C17H26ClN3O3/c1-3-19-16(21-9-17(10-22)11-24-12-17)20-7-6-13-4-5-14(23-2)8-15(13)18/h4-5,8,22H,3,6-7,9-12H2,1-2H3,(H2,19,20,21). The Morgan fingerprint density at radius 2 is 2.21 bits per heavy atom. The lowest BCUT2D eigenvalue weighted by Gasteiger charge is -2.38. The van der Waals surface area contributed by atoms with Crippen LogP contribution in [0.4, 0.5) is 0 Å². The van der Waals surface area contributed by atoms with Crippen molar-refractivity contribution in [1.29, 1.82) is 0 Å². The molecule has 2 rings (SSSR count). The molecular weight excluding hydrogens is 330 g/mol. The van der Waals surface area contributed by atoms with Crippen LogP contribution in [0.5, 0.6) is 5.75 Å². The average Bonchev–Trinajstić information content (AvgIpc) is 2.55. The molecule has 0 amide bonds. The summed E-state index contributed by atoms with van der Waals surface area (Å²) in [4.78, 5) is 4.56. The monoisotopic (exact) mass is 355 g/mol. The summed E-state index contributed by atoms with van der Waals surface area (Å²) in [6, 6.07) is 5.69. The molecule has 0 aromatic heterocycles. The Balaban J connectivity index is 1.87. The number of rotatable bonds is 8. The second kappa shape index (κ2) is 9.11. The number of hydrogen-bond donors (Lipinski definition) is 3. The summed E-state index contributed by atoms with van der Waals surface area (Å²) < 4.78 is 10.4. The fraction of sp³-hybridized carbons (Fsp3) is 0.588. The van der Waals surface area contributed by atoms with Crippen LogP contribution in [0.2, 0.25) is 5.02 Å². The Morgan fingerprint density at radius 3 is 2.75 bits per heavy atom. The molecule has 0 spiro atoms. The summed E-state index contributed by atoms with van der Waals surface area (Å²) >= 11 is 6.26. The Kier molecular flexibility index (Phi) is 7.15. The number of aliphatic imine (C=N–C) groups is 1. The maximum atomic E-state index is 9.46. The first kappa shape index (κ1) is 18.8. The van der Waals surface area contributed by atoms with E-state index >= 15 is 0 Å². The summed E-state index contributed by atoms with van der Waals surface area (Å²) in [6.45, 7) is 5.27. The highest BCUT2D eigenvalue weighted by Crippen LogP contribution is 2.27. The van der Waals surface area contributed by atoms with Crippen molar-refractivity contribution in [3.63, 3.8) is 0 Å². The lowest BCUT2D eigenvalue weighted by Crippen LogP contribution is -2.49. The molecule has 6 nitrogen and oxygen atoms in total. The van der Waals surface area contributed by atoms with Crippen LogP contribution in [0, 0.1) is 5.41 Å². The SMILES string of the molecule is CCNC(=NCC1(CO)COC1)NCCc1ccc(OC)cc1Cl. The third-order valence-corrected chi connectivity index (χ3v) is 4.37. The maximum absolute atomic E-state index is 9.46. The molecule has 0 bridgehead atoms. The van der Waals surface area contributed by atoms with Gasteiger partial charge in [-0.15, -0.1) is 0 Å². The van der Waals surface area contributed by atoms with Gasteiger partial charge in [0.2, 0.25) is 0 Å². The highest BCUT2D eigenvalue weighted by Gasteiger charge is 2.37. The van der Waals surface area contributed by atoms with Crippen LogP contribution in [-0.4, -0.2) is 57.6 Å². The normalized spacial score (nSPS) is 16.4. The minimum Gasteiger partial charge on any atom is -0.497 e. The van der Waals surface area contributed by atoms with E-state index in [2.05, 4.69) is 15.6 Å². The highest BCUT2D eigenvalue weighted by molar-refractivity contribution is 6.31. The summed E-state index contributed by atoms with van der Waals surface area (Å²) in [5.41, 5.74) is 0.835. The van der Waals surface area contributed by atoms with Crippen molar-refractivity contribution in [3.05, 3.63) is 28.8 Å². The Hall–Kier alpha value is -1.50. The molecule has 1 heterocycles. The molecule has 1 aromatic carbocycles. The topological polar surface area (TPSA) is 75.1 Å². The molecule has 1 aliphatic rings. The van der Waals surface area contributed by atoms with Gasteiger partial charge in [-0.2, -0.15) is 0 Å². The lowest BCUT2D eigenvalue weighted by atomic mass is 9.87. The van der Waals surface area contributed by atoms with Gasteiger partial charge in [0.25, 0.3) is 0 Å².